The predicted octanol–water partition coefficient (Wildman–Crippen LogP) is 0.415. The largest absolute Gasteiger partial charge is 0.388 e. The highest BCUT2D eigenvalue weighted by Crippen LogP contribution is 2.32. The van der Waals surface area contributed by atoms with Gasteiger partial charge in [0.1, 0.15) is 6.10 Å². The molecule has 1 amide bonds. The number of aliphatic hydroxyl groups excluding tert-OH is 1. The maximum absolute atomic E-state index is 11.4. The number of aliphatic hydroxyl groups is 1. The van der Waals surface area contributed by atoms with Crippen molar-refractivity contribution < 1.29 is 19.4 Å². The third-order valence-electron chi connectivity index (χ3n) is 3.14. The zero-order chi connectivity index (χ0) is 12.5. The lowest BCUT2D eigenvalue weighted by molar-refractivity contribution is -0.150. The fourth-order valence-corrected chi connectivity index (χ4v) is 1.91. The van der Waals surface area contributed by atoms with E-state index in [0.717, 1.165) is 12.8 Å². The highest BCUT2D eigenvalue weighted by Gasteiger charge is 2.36. The molecule has 17 heavy (non-hydrogen) atoms. The van der Waals surface area contributed by atoms with E-state index in [0.29, 0.717) is 18.9 Å². The van der Waals surface area contributed by atoms with Crippen LogP contribution in [0.25, 0.3) is 0 Å². The molecule has 1 aliphatic heterocycles. The molecule has 1 saturated heterocycles. The molecule has 0 aromatic carbocycles. The highest BCUT2D eigenvalue weighted by molar-refractivity contribution is 5.76. The Morgan fingerprint density at radius 2 is 2.24 bits per heavy atom. The van der Waals surface area contributed by atoms with E-state index >= 15 is 0 Å². The van der Waals surface area contributed by atoms with Crippen molar-refractivity contribution in [1.29, 1.82) is 0 Å². The first kappa shape index (κ1) is 12.8. The Balaban J connectivity index is 1.66. The minimum absolute atomic E-state index is 0.0183. The zero-order valence-corrected chi connectivity index (χ0v) is 10.4. The summed E-state index contributed by atoms with van der Waals surface area (Å²) < 4.78 is 10.9. The van der Waals surface area contributed by atoms with Gasteiger partial charge in [0, 0.05) is 13.0 Å². The van der Waals surface area contributed by atoms with E-state index in [-0.39, 0.29) is 18.6 Å². The molecule has 2 fully saturated rings. The van der Waals surface area contributed by atoms with Crippen molar-refractivity contribution in [2.24, 2.45) is 5.92 Å². The number of nitrogens with one attached hydrogen (secondary N) is 1. The van der Waals surface area contributed by atoms with Gasteiger partial charge in [-0.2, -0.15) is 0 Å². The Kier molecular flexibility index (Phi) is 3.70. The van der Waals surface area contributed by atoms with Gasteiger partial charge in [0.25, 0.3) is 0 Å². The van der Waals surface area contributed by atoms with Crippen LogP contribution in [0.3, 0.4) is 0 Å². The molecule has 2 N–H and O–H groups in total. The summed E-state index contributed by atoms with van der Waals surface area (Å²) in [6.07, 6.45) is 1.83. The number of ether oxygens (including phenoxy) is 2. The quantitative estimate of drug-likeness (QED) is 0.734. The van der Waals surface area contributed by atoms with Gasteiger partial charge < -0.3 is 19.9 Å². The summed E-state index contributed by atoms with van der Waals surface area (Å²) >= 11 is 0. The Morgan fingerprint density at radius 3 is 2.76 bits per heavy atom. The lowest BCUT2D eigenvalue weighted by atomic mass is 10.2. The monoisotopic (exact) mass is 243 g/mol. The van der Waals surface area contributed by atoms with Crippen molar-refractivity contribution in [1.82, 2.24) is 5.32 Å². The van der Waals surface area contributed by atoms with Crippen molar-refractivity contribution in [3.63, 3.8) is 0 Å². The van der Waals surface area contributed by atoms with Crippen LogP contribution >= 0.6 is 0 Å². The van der Waals surface area contributed by atoms with Crippen LogP contribution in [-0.2, 0) is 14.3 Å². The third-order valence-corrected chi connectivity index (χ3v) is 3.14. The second-order valence-corrected chi connectivity index (χ2v) is 5.39. The molecule has 0 bridgehead atoms. The summed E-state index contributed by atoms with van der Waals surface area (Å²) in [6, 6.07) is 0. The van der Waals surface area contributed by atoms with Crippen molar-refractivity contribution in [3.8, 4) is 0 Å². The Bertz CT molecular complexity index is 288. The van der Waals surface area contributed by atoms with Gasteiger partial charge in [-0.15, -0.1) is 0 Å². The average Bonchev–Trinajstić information content (AvgIpc) is 2.97. The first-order chi connectivity index (χ1) is 7.96. The molecule has 2 aliphatic rings. The van der Waals surface area contributed by atoms with Gasteiger partial charge in [-0.25, -0.2) is 0 Å². The molecule has 5 nitrogen and oxygen atoms in total. The molecule has 2 unspecified atom stereocenters. The van der Waals surface area contributed by atoms with E-state index in [4.69, 9.17) is 9.47 Å². The van der Waals surface area contributed by atoms with Crippen LogP contribution in [0.15, 0.2) is 0 Å². The molecule has 0 aromatic rings. The summed E-state index contributed by atoms with van der Waals surface area (Å²) in [4.78, 5) is 11.4. The molecular weight excluding hydrogens is 222 g/mol. The average molecular weight is 243 g/mol. The standard InChI is InChI=1S/C12H21NO4/c1-12(2)16-7-10(17-12)9(14)6-13-11(15)5-8-3-4-8/h8-10,14H,3-7H2,1-2H3,(H,13,15). The minimum Gasteiger partial charge on any atom is -0.388 e. The Morgan fingerprint density at radius 1 is 1.53 bits per heavy atom. The van der Waals surface area contributed by atoms with Crippen LogP contribution in [0.1, 0.15) is 33.1 Å². The normalized spacial score (nSPS) is 29.0. The highest BCUT2D eigenvalue weighted by atomic mass is 16.7. The first-order valence-corrected chi connectivity index (χ1v) is 6.23. The van der Waals surface area contributed by atoms with E-state index in [2.05, 4.69) is 5.32 Å². The van der Waals surface area contributed by atoms with E-state index in [1.165, 1.54) is 0 Å². The molecule has 98 valence electrons. The smallest absolute Gasteiger partial charge is 0.220 e. The van der Waals surface area contributed by atoms with Crippen LogP contribution in [0.4, 0.5) is 0 Å². The van der Waals surface area contributed by atoms with E-state index in [1.54, 1.807) is 0 Å². The summed E-state index contributed by atoms with van der Waals surface area (Å²) in [6.45, 7) is 4.22. The van der Waals surface area contributed by atoms with Crippen molar-refractivity contribution in [3.05, 3.63) is 0 Å². The predicted molar refractivity (Wildman–Crippen MR) is 61.3 cm³/mol. The van der Waals surface area contributed by atoms with Gasteiger partial charge in [-0.1, -0.05) is 0 Å². The molecule has 0 radical (unpaired) electrons. The van der Waals surface area contributed by atoms with Gasteiger partial charge in [-0.3, -0.25) is 4.79 Å². The van der Waals surface area contributed by atoms with Crippen LogP contribution < -0.4 is 5.32 Å². The van der Waals surface area contributed by atoms with Crippen LogP contribution in [0.5, 0.6) is 0 Å². The minimum atomic E-state index is -0.708. The van der Waals surface area contributed by atoms with Crippen LogP contribution in [-0.4, -0.2) is 42.2 Å². The molecule has 1 saturated carbocycles. The maximum atomic E-state index is 11.4. The molecule has 5 heteroatoms. The molecule has 0 spiro atoms. The fraction of sp³-hybridized carbons (Fsp3) is 0.917. The maximum Gasteiger partial charge on any atom is 0.220 e. The van der Waals surface area contributed by atoms with E-state index < -0.39 is 11.9 Å². The lowest BCUT2D eigenvalue weighted by Crippen LogP contribution is -2.40. The van der Waals surface area contributed by atoms with Gasteiger partial charge in [0.05, 0.1) is 12.7 Å². The third kappa shape index (κ3) is 3.94. The van der Waals surface area contributed by atoms with Gasteiger partial charge in [-0.05, 0) is 32.6 Å². The molecule has 2 atom stereocenters. The Labute approximate surface area is 101 Å². The first-order valence-electron chi connectivity index (χ1n) is 6.23. The number of rotatable bonds is 5. The summed E-state index contributed by atoms with van der Waals surface area (Å²) in [7, 11) is 0. The SMILES string of the molecule is CC1(C)OCC(C(O)CNC(=O)CC2CC2)O1. The van der Waals surface area contributed by atoms with Crippen LogP contribution in [0.2, 0.25) is 0 Å². The summed E-state index contributed by atoms with van der Waals surface area (Å²) in [5, 5.41) is 12.6. The lowest BCUT2D eigenvalue weighted by Gasteiger charge is -2.20. The summed E-state index contributed by atoms with van der Waals surface area (Å²) in [5.74, 6) is -0.0502. The van der Waals surface area contributed by atoms with Gasteiger partial charge in [0.2, 0.25) is 5.91 Å². The second-order valence-electron chi connectivity index (χ2n) is 5.39. The summed E-state index contributed by atoms with van der Waals surface area (Å²) in [5.41, 5.74) is 0. The fourth-order valence-electron chi connectivity index (χ4n) is 1.91. The molecular formula is C12H21NO4. The molecule has 1 aliphatic carbocycles. The molecule has 0 aromatic heterocycles. The Hall–Kier alpha value is -0.650. The number of hydrogen-bond donors (Lipinski definition) is 2. The van der Waals surface area contributed by atoms with E-state index in [9.17, 15) is 9.90 Å². The van der Waals surface area contributed by atoms with Gasteiger partial charge >= 0.3 is 0 Å². The second kappa shape index (κ2) is 4.92. The molecule has 2 rings (SSSR count). The van der Waals surface area contributed by atoms with Gasteiger partial charge in [0.15, 0.2) is 5.79 Å². The van der Waals surface area contributed by atoms with Crippen molar-refractivity contribution in [2.75, 3.05) is 13.2 Å². The van der Waals surface area contributed by atoms with Crippen LogP contribution in [0, 0.1) is 5.92 Å². The number of carbonyl (C=O) groups excluding carboxylic acids is 1. The number of amides is 1. The topological polar surface area (TPSA) is 67.8 Å². The van der Waals surface area contributed by atoms with Crippen molar-refractivity contribution in [2.45, 2.75) is 51.1 Å². The van der Waals surface area contributed by atoms with E-state index in [1.807, 2.05) is 13.8 Å². The number of hydrogen-bond acceptors (Lipinski definition) is 4. The molecule has 1 heterocycles. The number of carbonyl (C=O) groups is 1. The zero-order valence-electron chi connectivity index (χ0n) is 10.4. The van der Waals surface area contributed by atoms with Crippen molar-refractivity contribution >= 4 is 5.91 Å².